The van der Waals surface area contributed by atoms with Crippen LogP contribution in [0.5, 0.6) is 0 Å². The molecule has 1 N–H and O–H groups in total. The molecule has 0 saturated carbocycles. The predicted octanol–water partition coefficient (Wildman–Crippen LogP) is 1.53. The number of hydrogen-bond donors (Lipinski definition) is 1. The van der Waals surface area contributed by atoms with Crippen molar-refractivity contribution in [3.63, 3.8) is 0 Å². The number of hydrogen-bond acceptors (Lipinski definition) is 4. The molecule has 0 spiro atoms. The topological polar surface area (TPSA) is 68.3 Å². The Bertz CT molecular complexity index is 625. The van der Waals surface area contributed by atoms with Crippen LogP contribution in [0.25, 0.3) is 10.9 Å². The zero-order valence-corrected chi connectivity index (χ0v) is 10.7. The largest absolute Gasteiger partial charge is 0.467 e. The van der Waals surface area contributed by atoms with E-state index >= 15 is 0 Å². The lowest BCUT2D eigenvalue weighted by atomic mass is 10.2. The summed E-state index contributed by atoms with van der Waals surface area (Å²) in [6.45, 7) is 1.56. The lowest BCUT2D eigenvalue weighted by Gasteiger charge is -2.11. The molecule has 5 nitrogen and oxygen atoms in total. The summed E-state index contributed by atoms with van der Waals surface area (Å²) in [5.41, 5.74) is 1.01. The van der Waals surface area contributed by atoms with E-state index in [1.54, 1.807) is 13.0 Å². The second-order valence-electron chi connectivity index (χ2n) is 4.11. The Morgan fingerprint density at radius 3 is 2.68 bits per heavy atom. The van der Waals surface area contributed by atoms with Crippen LogP contribution < -0.4 is 5.32 Å². The molecule has 0 unspecified atom stereocenters. The summed E-state index contributed by atoms with van der Waals surface area (Å²) in [5, 5.41) is 3.49. The number of esters is 1. The Hall–Kier alpha value is -2.43. The molecule has 5 heteroatoms. The summed E-state index contributed by atoms with van der Waals surface area (Å²) in [5.74, 6) is -0.891. The second-order valence-corrected chi connectivity index (χ2v) is 4.11. The van der Waals surface area contributed by atoms with E-state index in [1.165, 1.54) is 7.11 Å². The predicted molar refractivity (Wildman–Crippen MR) is 70.7 cm³/mol. The number of para-hydroxylation sites is 1. The van der Waals surface area contributed by atoms with Gasteiger partial charge in [0.05, 0.1) is 12.6 Å². The van der Waals surface area contributed by atoms with Gasteiger partial charge in [0.15, 0.2) is 0 Å². The molecule has 0 fully saturated rings. The van der Waals surface area contributed by atoms with E-state index in [0.717, 1.165) is 10.9 Å². The first kappa shape index (κ1) is 13.0. The quantitative estimate of drug-likeness (QED) is 0.848. The van der Waals surface area contributed by atoms with Crippen LogP contribution in [0, 0.1) is 0 Å². The lowest BCUT2D eigenvalue weighted by molar-refractivity contribution is -0.142. The summed E-state index contributed by atoms with van der Waals surface area (Å²) < 4.78 is 4.54. The standard InChI is InChI=1S/C14H14N2O3/c1-9(14(18)19-2)15-13(17)12-8-7-10-5-3-4-6-11(10)16-12/h3-9H,1-2H3,(H,15,17)/t9-/m0/s1. The highest BCUT2D eigenvalue weighted by Crippen LogP contribution is 2.11. The molecule has 98 valence electrons. The number of methoxy groups -OCH3 is 1. The first-order valence-electron chi connectivity index (χ1n) is 5.86. The Balaban J connectivity index is 2.19. The van der Waals surface area contributed by atoms with Crippen LogP contribution in [0.15, 0.2) is 36.4 Å². The van der Waals surface area contributed by atoms with Crippen LogP contribution in [0.1, 0.15) is 17.4 Å². The van der Waals surface area contributed by atoms with E-state index in [0.29, 0.717) is 0 Å². The van der Waals surface area contributed by atoms with E-state index in [9.17, 15) is 9.59 Å². The van der Waals surface area contributed by atoms with Crippen molar-refractivity contribution in [1.29, 1.82) is 0 Å². The van der Waals surface area contributed by atoms with Gasteiger partial charge in [-0.3, -0.25) is 4.79 Å². The minimum absolute atomic E-state index is 0.273. The van der Waals surface area contributed by atoms with E-state index in [1.807, 2.05) is 30.3 Å². The minimum Gasteiger partial charge on any atom is -0.467 e. The van der Waals surface area contributed by atoms with Crippen LogP contribution in [0.2, 0.25) is 0 Å². The number of aromatic nitrogens is 1. The summed E-state index contributed by atoms with van der Waals surface area (Å²) in [7, 11) is 1.28. The SMILES string of the molecule is COC(=O)[C@H](C)NC(=O)c1ccc2ccccc2n1. The van der Waals surface area contributed by atoms with Gasteiger partial charge in [-0.1, -0.05) is 24.3 Å². The van der Waals surface area contributed by atoms with Crippen LogP contribution in [-0.4, -0.2) is 30.0 Å². The van der Waals surface area contributed by atoms with E-state index < -0.39 is 17.9 Å². The fourth-order valence-electron chi connectivity index (χ4n) is 1.70. The number of benzene rings is 1. The van der Waals surface area contributed by atoms with Gasteiger partial charge in [-0.2, -0.15) is 0 Å². The molecular weight excluding hydrogens is 244 g/mol. The fraction of sp³-hybridized carbons (Fsp3) is 0.214. The summed E-state index contributed by atoms with van der Waals surface area (Å²) in [6.07, 6.45) is 0. The highest BCUT2D eigenvalue weighted by molar-refractivity contribution is 5.97. The number of fused-ring (bicyclic) bond motifs is 1. The monoisotopic (exact) mass is 258 g/mol. The van der Waals surface area contributed by atoms with Crippen LogP contribution in [0.4, 0.5) is 0 Å². The van der Waals surface area contributed by atoms with Gasteiger partial charge in [0.2, 0.25) is 0 Å². The van der Waals surface area contributed by atoms with Gasteiger partial charge in [-0.25, -0.2) is 9.78 Å². The average molecular weight is 258 g/mol. The van der Waals surface area contributed by atoms with Crippen molar-refractivity contribution >= 4 is 22.8 Å². The maximum Gasteiger partial charge on any atom is 0.328 e. The molecule has 1 atom stereocenters. The number of nitrogens with zero attached hydrogens (tertiary/aromatic N) is 1. The zero-order chi connectivity index (χ0) is 13.8. The van der Waals surface area contributed by atoms with Gasteiger partial charge >= 0.3 is 5.97 Å². The third-order valence-corrected chi connectivity index (χ3v) is 2.73. The molecule has 2 aromatic rings. The molecule has 0 aliphatic carbocycles. The smallest absolute Gasteiger partial charge is 0.328 e. The molecule has 1 aromatic carbocycles. The number of ether oxygens (including phenoxy) is 1. The Morgan fingerprint density at radius 2 is 1.95 bits per heavy atom. The molecule has 1 aromatic heterocycles. The molecule has 1 amide bonds. The van der Waals surface area contributed by atoms with Gasteiger partial charge in [0.25, 0.3) is 5.91 Å². The Kier molecular flexibility index (Phi) is 3.75. The van der Waals surface area contributed by atoms with Crippen molar-refractivity contribution in [3.05, 3.63) is 42.1 Å². The van der Waals surface area contributed by atoms with Crippen molar-refractivity contribution in [2.75, 3.05) is 7.11 Å². The molecule has 2 rings (SSSR count). The second kappa shape index (κ2) is 5.48. The molecule has 0 radical (unpaired) electrons. The maximum atomic E-state index is 11.9. The van der Waals surface area contributed by atoms with Gasteiger partial charge in [0, 0.05) is 5.39 Å². The van der Waals surface area contributed by atoms with E-state index in [2.05, 4.69) is 15.0 Å². The van der Waals surface area contributed by atoms with Crippen LogP contribution >= 0.6 is 0 Å². The Labute approximate surface area is 110 Å². The fourth-order valence-corrected chi connectivity index (χ4v) is 1.70. The number of amides is 1. The normalized spacial score (nSPS) is 11.9. The number of pyridine rings is 1. The van der Waals surface area contributed by atoms with Crippen molar-refractivity contribution in [3.8, 4) is 0 Å². The van der Waals surface area contributed by atoms with Crippen LogP contribution in [0.3, 0.4) is 0 Å². The highest BCUT2D eigenvalue weighted by atomic mass is 16.5. The third-order valence-electron chi connectivity index (χ3n) is 2.73. The maximum absolute atomic E-state index is 11.9. The number of rotatable bonds is 3. The molecule has 0 aliphatic rings. The Morgan fingerprint density at radius 1 is 1.21 bits per heavy atom. The number of nitrogens with one attached hydrogen (secondary N) is 1. The van der Waals surface area contributed by atoms with Crippen LogP contribution in [-0.2, 0) is 9.53 Å². The minimum atomic E-state index is -0.703. The van der Waals surface area contributed by atoms with Crippen molar-refractivity contribution in [1.82, 2.24) is 10.3 Å². The van der Waals surface area contributed by atoms with Gasteiger partial charge in [0.1, 0.15) is 11.7 Å². The van der Waals surface area contributed by atoms with Crippen molar-refractivity contribution in [2.24, 2.45) is 0 Å². The summed E-state index contributed by atoms with van der Waals surface area (Å²) >= 11 is 0. The lowest BCUT2D eigenvalue weighted by Crippen LogP contribution is -2.39. The number of carbonyl (C=O) groups excluding carboxylic acids is 2. The van der Waals surface area contributed by atoms with Crippen molar-refractivity contribution < 1.29 is 14.3 Å². The summed E-state index contributed by atoms with van der Waals surface area (Å²) in [4.78, 5) is 27.4. The average Bonchev–Trinajstić information content (AvgIpc) is 2.45. The van der Waals surface area contributed by atoms with E-state index in [4.69, 9.17) is 0 Å². The van der Waals surface area contributed by atoms with Gasteiger partial charge in [-0.05, 0) is 19.1 Å². The first-order chi connectivity index (χ1) is 9.11. The van der Waals surface area contributed by atoms with Gasteiger partial charge in [-0.15, -0.1) is 0 Å². The first-order valence-corrected chi connectivity index (χ1v) is 5.86. The summed E-state index contributed by atoms with van der Waals surface area (Å²) in [6, 6.07) is 10.3. The van der Waals surface area contributed by atoms with E-state index in [-0.39, 0.29) is 5.69 Å². The molecule has 1 heterocycles. The highest BCUT2D eigenvalue weighted by Gasteiger charge is 2.17. The molecule has 0 bridgehead atoms. The molecular formula is C14H14N2O3. The van der Waals surface area contributed by atoms with Crippen molar-refractivity contribution in [2.45, 2.75) is 13.0 Å². The number of carbonyl (C=O) groups is 2. The zero-order valence-electron chi connectivity index (χ0n) is 10.7. The molecule has 0 aliphatic heterocycles. The molecule has 0 saturated heterocycles. The van der Waals surface area contributed by atoms with Gasteiger partial charge < -0.3 is 10.1 Å². The third kappa shape index (κ3) is 2.88. The molecule has 19 heavy (non-hydrogen) atoms.